The van der Waals surface area contributed by atoms with Crippen LogP contribution in [0.4, 0.5) is 14.9 Å². The number of nitro groups is 1. The largest absolute Gasteiger partial charge is 0.444 e. The van der Waals surface area contributed by atoms with E-state index < -0.39 is 28.1 Å². The third-order valence-corrected chi connectivity index (χ3v) is 3.94. The van der Waals surface area contributed by atoms with E-state index >= 15 is 0 Å². The highest BCUT2D eigenvalue weighted by Crippen LogP contribution is 2.34. The Hall–Kier alpha value is -3.30. The topological polar surface area (TPSA) is 108 Å². The minimum Gasteiger partial charge on any atom is -0.444 e. The summed E-state index contributed by atoms with van der Waals surface area (Å²) in [6, 6.07) is 3.03. The number of nitrogens with zero attached hydrogens (tertiary/aromatic N) is 4. The van der Waals surface area contributed by atoms with Crippen LogP contribution in [0.25, 0.3) is 0 Å². The summed E-state index contributed by atoms with van der Waals surface area (Å²) in [6.45, 7) is 5.91. The second-order valence-corrected chi connectivity index (χ2v) is 7.23. The zero-order valence-electron chi connectivity index (χ0n) is 15.6. The molecule has 9 nitrogen and oxygen atoms in total. The molecule has 10 heteroatoms. The van der Waals surface area contributed by atoms with E-state index in [0.29, 0.717) is 24.2 Å². The zero-order valence-corrected chi connectivity index (χ0v) is 15.6. The van der Waals surface area contributed by atoms with Gasteiger partial charge in [-0.1, -0.05) is 0 Å². The number of benzene rings is 1. The summed E-state index contributed by atoms with van der Waals surface area (Å²) in [4.78, 5) is 32.5. The molecule has 0 unspecified atom stereocenters. The van der Waals surface area contributed by atoms with E-state index in [0.717, 1.165) is 12.1 Å². The Morgan fingerprint density at radius 1 is 1.32 bits per heavy atom. The van der Waals surface area contributed by atoms with Crippen molar-refractivity contribution in [1.82, 2.24) is 14.9 Å². The minimum atomic E-state index is -0.739. The van der Waals surface area contributed by atoms with Crippen molar-refractivity contribution >= 4 is 11.8 Å². The van der Waals surface area contributed by atoms with Gasteiger partial charge in [0.15, 0.2) is 0 Å². The molecule has 0 atom stereocenters. The maximum atomic E-state index is 13.3. The lowest BCUT2D eigenvalue weighted by Crippen LogP contribution is -2.40. The molecular formula is C18H19FN4O5. The molecule has 0 saturated carbocycles. The van der Waals surface area contributed by atoms with Crippen LogP contribution in [0.15, 0.2) is 24.5 Å². The van der Waals surface area contributed by atoms with E-state index in [1.807, 2.05) is 0 Å². The molecule has 1 aromatic carbocycles. The molecule has 0 N–H and O–H groups in total. The van der Waals surface area contributed by atoms with Gasteiger partial charge >= 0.3 is 11.8 Å². The molecular weight excluding hydrogens is 371 g/mol. The lowest BCUT2D eigenvalue weighted by molar-refractivity contribution is -0.385. The van der Waals surface area contributed by atoms with Crippen LogP contribution in [-0.2, 0) is 17.7 Å². The Bertz CT molecular complexity index is 929. The van der Waals surface area contributed by atoms with Crippen LogP contribution < -0.4 is 4.74 Å². The number of aromatic nitrogens is 2. The van der Waals surface area contributed by atoms with E-state index in [1.165, 1.54) is 17.3 Å². The number of hydrogen-bond donors (Lipinski definition) is 0. The predicted octanol–water partition coefficient (Wildman–Crippen LogP) is 3.61. The second-order valence-electron chi connectivity index (χ2n) is 7.23. The Morgan fingerprint density at radius 2 is 2.07 bits per heavy atom. The van der Waals surface area contributed by atoms with E-state index in [-0.39, 0.29) is 18.2 Å². The van der Waals surface area contributed by atoms with Crippen LogP contribution in [0, 0.1) is 15.9 Å². The molecule has 0 saturated heterocycles. The second kappa shape index (κ2) is 7.37. The van der Waals surface area contributed by atoms with Gasteiger partial charge in [-0.05, 0) is 39.3 Å². The summed E-state index contributed by atoms with van der Waals surface area (Å²) >= 11 is 0. The number of rotatable bonds is 3. The predicted molar refractivity (Wildman–Crippen MR) is 95.5 cm³/mol. The molecule has 1 aromatic heterocycles. The lowest BCUT2D eigenvalue weighted by Gasteiger charge is -2.30. The highest BCUT2D eigenvalue weighted by molar-refractivity contribution is 5.68. The van der Waals surface area contributed by atoms with Crippen molar-refractivity contribution in [1.29, 1.82) is 0 Å². The van der Waals surface area contributed by atoms with Crippen LogP contribution in [0.1, 0.15) is 32.0 Å². The first kappa shape index (κ1) is 19.5. The zero-order chi connectivity index (χ0) is 20.5. The molecule has 148 valence electrons. The molecule has 1 amide bonds. The van der Waals surface area contributed by atoms with E-state index in [4.69, 9.17) is 9.47 Å². The number of nitro benzene ring substituents is 1. The Balaban J connectivity index is 1.84. The maximum absolute atomic E-state index is 13.3. The van der Waals surface area contributed by atoms with Crippen molar-refractivity contribution in [3.63, 3.8) is 0 Å². The summed E-state index contributed by atoms with van der Waals surface area (Å²) in [7, 11) is 0. The van der Waals surface area contributed by atoms with Crippen molar-refractivity contribution in [3.05, 3.63) is 51.7 Å². The van der Waals surface area contributed by atoms with Crippen LogP contribution >= 0.6 is 0 Å². The standard InChI is InChI=1S/C18H19FN4O5/c1-18(2,3)28-17(24)22-7-6-12-13(9-22)20-10-21-16(12)27-15-5-4-11(19)8-14(15)23(25)26/h4-5,8,10H,6-7,9H2,1-3H3. The highest BCUT2D eigenvalue weighted by atomic mass is 19.1. The number of amides is 1. The Morgan fingerprint density at radius 3 is 2.75 bits per heavy atom. The average molecular weight is 390 g/mol. The Labute approximate surface area is 160 Å². The first-order valence-electron chi connectivity index (χ1n) is 8.56. The van der Waals surface area contributed by atoms with Crippen molar-refractivity contribution in [2.24, 2.45) is 0 Å². The molecule has 0 fully saturated rings. The van der Waals surface area contributed by atoms with Crippen LogP contribution in [-0.4, -0.2) is 38.0 Å². The fraction of sp³-hybridized carbons (Fsp3) is 0.389. The van der Waals surface area contributed by atoms with Gasteiger partial charge in [-0.3, -0.25) is 10.1 Å². The fourth-order valence-corrected chi connectivity index (χ4v) is 2.72. The van der Waals surface area contributed by atoms with Crippen molar-refractivity contribution in [3.8, 4) is 11.6 Å². The van der Waals surface area contributed by atoms with Gasteiger partial charge in [0.25, 0.3) is 0 Å². The van der Waals surface area contributed by atoms with Gasteiger partial charge in [-0.25, -0.2) is 19.2 Å². The van der Waals surface area contributed by atoms with Crippen molar-refractivity contribution < 1.29 is 23.6 Å². The van der Waals surface area contributed by atoms with Crippen LogP contribution in [0.2, 0.25) is 0 Å². The number of ether oxygens (including phenoxy) is 2. The molecule has 0 aliphatic carbocycles. The van der Waals surface area contributed by atoms with Gasteiger partial charge < -0.3 is 14.4 Å². The van der Waals surface area contributed by atoms with Crippen molar-refractivity contribution in [2.75, 3.05) is 6.54 Å². The molecule has 2 heterocycles. The monoisotopic (exact) mass is 390 g/mol. The van der Waals surface area contributed by atoms with Gasteiger partial charge in [0.05, 0.1) is 23.2 Å². The number of carbonyl (C=O) groups excluding carboxylic acids is 1. The summed E-state index contributed by atoms with van der Waals surface area (Å²) in [5.41, 5.74) is 0.0881. The third kappa shape index (κ3) is 4.33. The first-order valence-corrected chi connectivity index (χ1v) is 8.56. The summed E-state index contributed by atoms with van der Waals surface area (Å²) in [5.74, 6) is -0.720. The summed E-state index contributed by atoms with van der Waals surface area (Å²) in [6.07, 6.45) is 1.19. The molecule has 0 radical (unpaired) electrons. The lowest BCUT2D eigenvalue weighted by atomic mass is 10.1. The average Bonchev–Trinajstić information content (AvgIpc) is 2.61. The third-order valence-electron chi connectivity index (χ3n) is 3.94. The quantitative estimate of drug-likeness (QED) is 0.582. The number of fused-ring (bicyclic) bond motifs is 1. The number of carbonyl (C=O) groups is 1. The maximum Gasteiger partial charge on any atom is 0.410 e. The Kier molecular flexibility index (Phi) is 5.12. The van der Waals surface area contributed by atoms with Crippen LogP contribution in [0.3, 0.4) is 0 Å². The van der Waals surface area contributed by atoms with Gasteiger partial charge in [0.1, 0.15) is 17.7 Å². The molecule has 1 aliphatic heterocycles. The molecule has 1 aliphatic rings. The van der Waals surface area contributed by atoms with Gasteiger partial charge in [-0.2, -0.15) is 0 Å². The smallest absolute Gasteiger partial charge is 0.410 e. The first-order chi connectivity index (χ1) is 13.1. The molecule has 0 spiro atoms. The molecule has 2 aromatic rings. The number of hydrogen-bond acceptors (Lipinski definition) is 7. The minimum absolute atomic E-state index is 0.123. The van der Waals surface area contributed by atoms with Gasteiger partial charge in [-0.15, -0.1) is 0 Å². The van der Waals surface area contributed by atoms with Gasteiger partial charge in [0, 0.05) is 12.1 Å². The van der Waals surface area contributed by atoms with Crippen LogP contribution in [0.5, 0.6) is 11.6 Å². The van der Waals surface area contributed by atoms with E-state index in [2.05, 4.69) is 9.97 Å². The SMILES string of the molecule is CC(C)(C)OC(=O)N1CCc2c(ncnc2Oc2ccc(F)cc2[N+](=O)[O-])C1. The van der Waals surface area contributed by atoms with Gasteiger partial charge in [0.2, 0.25) is 11.6 Å². The highest BCUT2D eigenvalue weighted by Gasteiger charge is 2.29. The molecule has 3 rings (SSSR count). The van der Waals surface area contributed by atoms with E-state index in [9.17, 15) is 19.3 Å². The summed E-state index contributed by atoms with van der Waals surface area (Å²) in [5, 5.41) is 11.2. The molecule has 28 heavy (non-hydrogen) atoms. The summed E-state index contributed by atoms with van der Waals surface area (Å²) < 4.78 is 24.3. The van der Waals surface area contributed by atoms with Crippen molar-refractivity contribution in [2.45, 2.75) is 39.3 Å². The number of halogens is 1. The molecule has 0 bridgehead atoms. The van der Waals surface area contributed by atoms with E-state index in [1.54, 1.807) is 20.8 Å². The fourth-order valence-electron chi connectivity index (χ4n) is 2.72. The normalized spacial score (nSPS) is 13.6.